The van der Waals surface area contributed by atoms with Crippen LogP contribution in [0.25, 0.3) is 0 Å². The second-order valence-electron chi connectivity index (χ2n) is 2.94. The molecule has 78 valence electrons. The molecule has 1 rings (SSSR count). The maximum Gasteiger partial charge on any atom is 0.0348 e. The zero-order valence-electron chi connectivity index (χ0n) is 8.42. The SMILES string of the molecule is CCSc1ccc(CNCCCl)cc1. The second-order valence-corrected chi connectivity index (χ2v) is 4.66. The first-order valence-corrected chi connectivity index (χ1v) is 6.37. The van der Waals surface area contributed by atoms with Crippen molar-refractivity contribution in [1.82, 2.24) is 5.32 Å². The van der Waals surface area contributed by atoms with E-state index in [1.54, 1.807) is 0 Å². The average Bonchev–Trinajstić information content (AvgIpc) is 2.21. The molecule has 0 aliphatic carbocycles. The van der Waals surface area contributed by atoms with Crippen molar-refractivity contribution in [1.29, 1.82) is 0 Å². The standard InChI is InChI=1S/C11H16ClNS/c1-2-14-11-5-3-10(4-6-11)9-13-8-7-12/h3-6,13H,2,7-9H2,1H3. The highest BCUT2D eigenvalue weighted by molar-refractivity contribution is 7.99. The van der Waals surface area contributed by atoms with Crippen molar-refractivity contribution in [3.63, 3.8) is 0 Å². The Kier molecular flexibility index (Phi) is 6.08. The number of alkyl halides is 1. The van der Waals surface area contributed by atoms with Crippen LogP contribution in [0.1, 0.15) is 12.5 Å². The van der Waals surface area contributed by atoms with Crippen LogP contribution in [0, 0.1) is 0 Å². The fourth-order valence-electron chi connectivity index (χ4n) is 1.17. The Hall–Kier alpha value is -0.180. The van der Waals surface area contributed by atoms with E-state index < -0.39 is 0 Å². The Morgan fingerprint density at radius 3 is 2.57 bits per heavy atom. The van der Waals surface area contributed by atoms with Crippen LogP contribution in [-0.4, -0.2) is 18.2 Å². The van der Waals surface area contributed by atoms with E-state index in [1.165, 1.54) is 10.5 Å². The van der Waals surface area contributed by atoms with Gasteiger partial charge in [0.2, 0.25) is 0 Å². The molecule has 0 radical (unpaired) electrons. The molecule has 1 N–H and O–H groups in total. The number of rotatable bonds is 6. The van der Waals surface area contributed by atoms with Gasteiger partial charge in [-0.1, -0.05) is 19.1 Å². The van der Waals surface area contributed by atoms with Crippen molar-refractivity contribution >= 4 is 23.4 Å². The van der Waals surface area contributed by atoms with E-state index in [0.29, 0.717) is 5.88 Å². The van der Waals surface area contributed by atoms with Crippen LogP contribution in [0.5, 0.6) is 0 Å². The lowest BCUT2D eigenvalue weighted by Crippen LogP contribution is -2.15. The van der Waals surface area contributed by atoms with Gasteiger partial charge in [-0.2, -0.15) is 0 Å². The van der Waals surface area contributed by atoms with E-state index in [1.807, 2.05) is 11.8 Å². The molecule has 0 heterocycles. The first kappa shape index (κ1) is 11.9. The highest BCUT2D eigenvalue weighted by Crippen LogP contribution is 2.17. The van der Waals surface area contributed by atoms with E-state index in [4.69, 9.17) is 11.6 Å². The molecule has 1 aromatic carbocycles. The van der Waals surface area contributed by atoms with E-state index in [9.17, 15) is 0 Å². The van der Waals surface area contributed by atoms with Crippen molar-refractivity contribution in [2.45, 2.75) is 18.4 Å². The summed E-state index contributed by atoms with van der Waals surface area (Å²) in [5, 5.41) is 3.26. The molecule has 0 aliphatic heterocycles. The van der Waals surface area contributed by atoms with Crippen molar-refractivity contribution in [3.8, 4) is 0 Å². The lowest BCUT2D eigenvalue weighted by atomic mass is 10.2. The number of hydrogen-bond acceptors (Lipinski definition) is 2. The molecular formula is C11H16ClNS. The molecule has 0 saturated heterocycles. The van der Waals surface area contributed by atoms with Gasteiger partial charge in [0.05, 0.1) is 0 Å². The Balaban J connectivity index is 2.38. The lowest BCUT2D eigenvalue weighted by Gasteiger charge is -2.03. The Labute approximate surface area is 95.2 Å². The average molecular weight is 230 g/mol. The van der Waals surface area contributed by atoms with E-state index in [-0.39, 0.29) is 0 Å². The quantitative estimate of drug-likeness (QED) is 0.457. The molecule has 0 saturated carbocycles. The molecule has 0 fully saturated rings. The summed E-state index contributed by atoms with van der Waals surface area (Å²) in [7, 11) is 0. The summed E-state index contributed by atoms with van der Waals surface area (Å²) in [6.07, 6.45) is 0. The largest absolute Gasteiger partial charge is 0.311 e. The first-order valence-electron chi connectivity index (χ1n) is 4.85. The Bertz CT molecular complexity index is 248. The molecular weight excluding hydrogens is 214 g/mol. The van der Waals surface area contributed by atoms with Gasteiger partial charge in [-0.3, -0.25) is 0 Å². The third-order valence-corrected chi connectivity index (χ3v) is 2.92. The van der Waals surface area contributed by atoms with Gasteiger partial charge in [0.25, 0.3) is 0 Å². The maximum atomic E-state index is 5.57. The Morgan fingerprint density at radius 2 is 2.00 bits per heavy atom. The van der Waals surface area contributed by atoms with Gasteiger partial charge < -0.3 is 5.32 Å². The predicted octanol–water partition coefficient (Wildman–Crippen LogP) is 3.13. The Morgan fingerprint density at radius 1 is 1.29 bits per heavy atom. The molecule has 14 heavy (non-hydrogen) atoms. The van der Waals surface area contributed by atoms with Gasteiger partial charge in [-0.05, 0) is 23.4 Å². The van der Waals surface area contributed by atoms with E-state index in [0.717, 1.165) is 18.8 Å². The van der Waals surface area contributed by atoms with Gasteiger partial charge in [0.1, 0.15) is 0 Å². The van der Waals surface area contributed by atoms with E-state index in [2.05, 4.69) is 36.5 Å². The summed E-state index contributed by atoms with van der Waals surface area (Å²) >= 11 is 7.44. The summed E-state index contributed by atoms with van der Waals surface area (Å²) in [5.41, 5.74) is 1.32. The van der Waals surface area contributed by atoms with Crippen molar-refractivity contribution < 1.29 is 0 Å². The lowest BCUT2D eigenvalue weighted by molar-refractivity contribution is 0.730. The van der Waals surface area contributed by atoms with Gasteiger partial charge in [0.15, 0.2) is 0 Å². The summed E-state index contributed by atoms with van der Waals surface area (Å²) in [4.78, 5) is 1.34. The van der Waals surface area contributed by atoms with Gasteiger partial charge in [-0.25, -0.2) is 0 Å². The van der Waals surface area contributed by atoms with Crippen molar-refractivity contribution in [2.24, 2.45) is 0 Å². The highest BCUT2D eigenvalue weighted by Gasteiger charge is 1.93. The number of nitrogens with one attached hydrogen (secondary N) is 1. The normalized spacial score (nSPS) is 10.4. The van der Waals surface area contributed by atoms with Crippen LogP contribution in [0.15, 0.2) is 29.2 Å². The molecule has 0 amide bonds. The monoisotopic (exact) mass is 229 g/mol. The fraction of sp³-hybridized carbons (Fsp3) is 0.455. The van der Waals surface area contributed by atoms with Gasteiger partial charge in [-0.15, -0.1) is 23.4 Å². The molecule has 0 spiro atoms. The molecule has 0 atom stereocenters. The first-order chi connectivity index (χ1) is 6.86. The van der Waals surface area contributed by atoms with Crippen molar-refractivity contribution in [3.05, 3.63) is 29.8 Å². The molecule has 0 unspecified atom stereocenters. The second kappa shape index (κ2) is 7.16. The number of benzene rings is 1. The zero-order valence-corrected chi connectivity index (χ0v) is 10.00. The highest BCUT2D eigenvalue weighted by atomic mass is 35.5. The smallest absolute Gasteiger partial charge is 0.0348 e. The summed E-state index contributed by atoms with van der Waals surface area (Å²) < 4.78 is 0. The van der Waals surface area contributed by atoms with Gasteiger partial charge >= 0.3 is 0 Å². The molecule has 0 bridgehead atoms. The molecule has 0 aliphatic rings. The topological polar surface area (TPSA) is 12.0 Å². The van der Waals surface area contributed by atoms with Gasteiger partial charge in [0, 0.05) is 23.9 Å². The molecule has 1 nitrogen and oxygen atoms in total. The van der Waals surface area contributed by atoms with E-state index >= 15 is 0 Å². The van der Waals surface area contributed by atoms with Crippen LogP contribution < -0.4 is 5.32 Å². The maximum absolute atomic E-state index is 5.57. The summed E-state index contributed by atoms with van der Waals surface area (Å²) in [6.45, 7) is 3.94. The minimum Gasteiger partial charge on any atom is -0.311 e. The number of halogens is 1. The van der Waals surface area contributed by atoms with Crippen LogP contribution in [-0.2, 0) is 6.54 Å². The molecule has 0 aromatic heterocycles. The predicted molar refractivity (Wildman–Crippen MR) is 65.3 cm³/mol. The van der Waals surface area contributed by atoms with Crippen molar-refractivity contribution in [2.75, 3.05) is 18.2 Å². The molecule has 1 aromatic rings. The van der Waals surface area contributed by atoms with Crippen LogP contribution in [0.4, 0.5) is 0 Å². The molecule has 3 heteroatoms. The minimum atomic E-state index is 0.670. The van der Waals surface area contributed by atoms with Crippen LogP contribution in [0.3, 0.4) is 0 Å². The summed E-state index contributed by atoms with van der Waals surface area (Å²) in [5.74, 6) is 1.80. The number of hydrogen-bond donors (Lipinski definition) is 1. The number of thioether (sulfide) groups is 1. The zero-order chi connectivity index (χ0) is 10.2. The van der Waals surface area contributed by atoms with Crippen LogP contribution in [0.2, 0.25) is 0 Å². The fourth-order valence-corrected chi connectivity index (χ4v) is 1.97. The summed E-state index contributed by atoms with van der Waals surface area (Å²) in [6, 6.07) is 8.68. The minimum absolute atomic E-state index is 0.670. The third kappa shape index (κ3) is 4.36. The van der Waals surface area contributed by atoms with Crippen LogP contribution >= 0.6 is 23.4 Å². The third-order valence-electron chi connectivity index (χ3n) is 1.83.